The van der Waals surface area contributed by atoms with Crippen LogP contribution >= 0.6 is 11.6 Å². The average Bonchev–Trinajstić information content (AvgIpc) is 2.90. The summed E-state index contributed by atoms with van der Waals surface area (Å²) in [6.45, 7) is 12.6. The van der Waals surface area contributed by atoms with Crippen molar-refractivity contribution in [1.29, 1.82) is 0 Å². The molecule has 2 aromatic carbocycles. The predicted molar refractivity (Wildman–Crippen MR) is 155 cm³/mol. The highest BCUT2D eigenvalue weighted by Gasteiger charge is 2.60. The Labute approximate surface area is 234 Å². The molecule has 0 aromatic heterocycles. The van der Waals surface area contributed by atoms with E-state index < -0.39 is 0 Å². The zero-order valence-corrected chi connectivity index (χ0v) is 24.2. The Balaban J connectivity index is 1.64. The molecule has 4 nitrogen and oxygen atoms in total. The van der Waals surface area contributed by atoms with Crippen molar-refractivity contribution in [2.45, 2.75) is 96.1 Å². The molecule has 38 heavy (non-hydrogen) atoms. The van der Waals surface area contributed by atoms with Gasteiger partial charge in [-0.25, -0.2) is 0 Å². The lowest BCUT2D eigenvalue weighted by atomic mass is 9.61. The van der Waals surface area contributed by atoms with E-state index in [9.17, 15) is 0 Å². The van der Waals surface area contributed by atoms with Gasteiger partial charge >= 0.3 is 0 Å². The van der Waals surface area contributed by atoms with Crippen molar-refractivity contribution in [2.24, 2.45) is 5.92 Å². The largest absolute Gasteiger partial charge is 0.494 e. The molecule has 1 saturated carbocycles. The standard InChI is InChI=1S/C33H45ClO4/c1-5-9-20-36-31-28-17-19-33(28,18-7-3)38-30(32(31)37-21-10-6-2)25-13-16-29(34)26(23-25)22-24-11-14-27(15-12-24)35-8-4/h7,11-16,23,28,30-32H,3,5-6,8-10,17-22H2,1-2,4H3/t28-,30+,31+,32+,33-/m1/s1. The summed E-state index contributed by atoms with van der Waals surface area (Å²) >= 11 is 6.72. The molecule has 1 aliphatic heterocycles. The molecule has 0 amide bonds. The first-order valence-corrected chi connectivity index (χ1v) is 14.9. The van der Waals surface area contributed by atoms with Gasteiger partial charge in [-0.2, -0.15) is 0 Å². The first kappa shape index (κ1) is 29.1. The third-order valence-corrected chi connectivity index (χ3v) is 8.44. The van der Waals surface area contributed by atoms with E-state index in [1.54, 1.807) is 0 Å². The number of halogens is 1. The van der Waals surface area contributed by atoms with E-state index in [4.69, 9.17) is 30.5 Å². The Morgan fingerprint density at radius 3 is 2.32 bits per heavy atom. The molecule has 2 fully saturated rings. The molecule has 1 aliphatic carbocycles. The summed E-state index contributed by atoms with van der Waals surface area (Å²) in [5, 5.41) is 0.764. The van der Waals surface area contributed by atoms with Crippen LogP contribution in [0.2, 0.25) is 5.02 Å². The maximum Gasteiger partial charge on any atom is 0.119 e. The molecular formula is C33H45ClO4. The molecule has 1 saturated heterocycles. The van der Waals surface area contributed by atoms with E-state index in [2.05, 4.69) is 44.7 Å². The maximum absolute atomic E-state index is 7.03. The predicted octanol–water partition coefficient (Wildman–Crippen LogP) is 8.50. The molecule has 5 atom stereocenters. The van der Waals surface area contributed by atoms with Crippen LogP contribution in [-0.4, -0.2) is 37.6 Å². The second kappa shape index (κ2) is 14.0. The van der Waals surface area contributed by atoms with Crippen LogP contribution in [0.4, 0.5) is 0 Å². The van der Waals surface area contributed by atoms with Crippen LogP contribution in [0.3, 0.4) is 0 Å². The van der Waals surface area contributed by atoms with Crippen LogP contribution in [0.15, 0.2) is 55.1 Å². The van der Waals surface area contributed by atoms with E-state index in [0.29, 0.717) is 19.1 Å². The van der Waals surface area contributed by atoms with Gasteiger partial charge in [0, 0.05) is 24.2 Å². The van der Waals surface area contributed by atoms with Crippen molar-refractivity contribution in [2.75, 3.05) is 19.8 Å². The lowest BCUT2D eigenvalue weighted by Crippen LogP contribution is -2.64. The molecule has 0 bridgehead atoms. The van der Waals surface area contributed by atoms with Crippen molar-refractivity contribution in [3.05, 3.63) is 76.8 Å². The monoisotopic (exact) mass is 540 g/mol. The minimum Gasteiger partial charge on any atom is -0.494 e. The Kier molecular flexibility index (Phi) is 10.7. The van der Waals surface area contributed by atoms with Gasteiger partial charge in [-0.15, -0.1) is 6.58 Å². The maximum atomic E-state index is 7.03. The number of benzene rings is 2. The summed E-state index contributed by atoms with van der Waals surface area (Å²) in [4.78, 5) is 0. The van der Waals surface area contributed by atoms with E-state index in [1.165, 1.54) is 5.56 Å². The summed E-state index contributed by atoms with van der Waals surface area (Å²) in [6, 6.07) is 14.6. The summed E-state index contributed by atoms with van der Waals surface area (Å²) in [6.07, 6.45) is 9.64. The van der Waals surface area contributed by atoms with Gasteiger partial charge in [0.2, 0.25) is 0 Å². The van der Waals surface area contributed by atoms with Crippen LogP contribution in [0, 0.1) is 5.92 Å². The lowest BCUT2D eigenvalue weighted by molar-refractivity contribution is -0.304. The number of rotatable bonds is 15. The molecule has 0 N–H and O–H groups in total. The summed E-state index contributed by atoms with van der Waals surface area (Å²) in [5.74, 6) is 1.21. The summed E-state index contributed by atoms with van der Waals surface area (Å²) in [7, 11) is 0. The Morgan fingerprint density at radius 1 is 1.00 bits per heavy atom. The topological polar surface area (TPSA) is 36.9 Å². The third-order valence-electron chi connectivity index (χ3n) is 8.07. The smallest absolute Gasteiger partial charge is 0.119 e. The number of unbranched alkanes of at least 4 members (excludes halogenated alkanes) is 2. The minimum absolute atomic E-state index is 0.0103. The highest BCUT2D eigenvalue weighted by molar-refractivity contribution is 6.31. The Bertz CT molecular complexity index is 1020. The minimum atomic E-state index is -0.233. The van der Waals surface area contributed by atoms with Crippen LogP contribution in [-0.2, 0) is 20.6 Å². The van der Waals surface area contributed by atoms with Gasteiger partial charge in [-0.05, 0) is 80.3 Å². The van der Waals surface area contributed by atoms with Crippen LogP contribution in [0.1, 0.15) is 88.5 Å². The molecule has 208 valence electrons. The van der Waals surface area contributed by atoms with Crippen LogP contribution < -0.4 is 4.74 Å². The molecule has 5 heteroatoms. The second-order valence-corrected chi connectivity index (χ2v) is 11.1. The summed E-state index contributed by atoms with van der Waals surface area (Å²) < 4.78 is 25.9. The molecule has 0 spiro atoms. The van der Waals surface area contributed by atoms with Crippen LogP contribution in [0.25, 0.3) is 0 Å². The number of hydrogen-bond acceptors (Lipinski definition) is 4. The Hall–Kier alpha value is -1.85. The Morgan fingerprint density at radius 2 is 1.71 bits per heavy atom. The van der Waals surface area contributed by atoms with Crippen molar-refractivity contribution < 1.29 is 18.9 Å². The number of ether oxygens (including phenoxy) is 4. The van der Waals surface area contributed by atoms with Gasteiger partial charge in [0.05, 0.1) is 18.3 Å². The lowest BCUT2D eigenvalue weighted by Gasteiger charge is -2.59. The molecule has 2 aliphatic rings. The van der Waals surface area contributed by atoms with E-state index >= 15 is 0 Å². The number of hydrogen-bond donors (Lipinski definition) is 0. The highest BCUT2D eigenvalue weighted by Crippen LogP contribution is 2.56. The van der Waals surface area contributed by atoms with Gasteiger partial charge in [0.1, 0.15) is 18.0 Å². The normalized spacial score (nSPS) is 26.4. The SMILES string of the molecule is C=CC[C@@]12CC[C@@H]1[C@H](OCCCC)[C@@H](OCCCC)[C@H](c1ccc(Cl)c(Cc3ccc(OCC)cc3)c1)O2. The molecule has 1 heterocycles. The highest BCUT2D eigenvalue weighted by atomic mass is 35.5. The molecular weight excluding hydrogens is 496 g/mol. The molecule has 0 radical (unpaired) electrons. The number of fused-ring (bicyclic) bond motifs is 1. The van der Waals surface area contributed by atoms with E-state index in [1.807, 2.05) is 31.2 Å². The van der Waals surface area contributed by atoms with E-state index in [0.717, 1.165) is 79.9 Å². The summed E-state index contributed by atoms with van der Waals surface area (Å²) in [5.41, 5.74) is 3.15. The van der Waals surface area contributed by atoms with E-state index in [-0.39, 0.29) is 23.9 Å². The van der Waals surface area contributed by atoms with Gasteiger partial charge in [0.25, 0.3) is 0 Å². The van der Waals surface area contributed by atoms with Crippen molar-refractivity contribution in [1.82, 2.24) is 0 Å². The molecule has 0 unspecified atom stereocenters. The van der Waals surface area contributed by atoms with Crippen LogP contribution in [0.5, 0.6) is 5.75 Å². The van der Waals surface area contributed by atoms with Gasteiger partial charge in [-0.3, -0.25) is 0 Å². The fourth-order valence-electron chi connectivity index (χ4n) is 5.89. The van der Waals surface area contributed by atoms with Gasteiger partial charge < -0.3 is 18.9 Å². The van der Waals surface area contributed by atoms with Crippen molar-refractivity contribution in [3.8, 4) is 5.75 Å². The van der Waals surface area contributed by atoms with Crippen molar-refractivity contribution in [3.63, 3.8) is 0 Å². The first-order valence-electron chi connectivity index (χ1n) is 14.6. The fraction of sp³-hybridized carbons (Fsp3) is 0.576. The molecule has 2 aromatic rings. The molecule has 4 rings (SSSR count). The zero-order valence-electron chi connectivity index (χ0n) is 23.4. The fourth-order valence-corrected chi connectivity index (χ4v) is 6.07. The first-order chi connectivity index (χ1) is 18.5. The quantitative estimate of drug-likeness (QED) is 0.167. The zero-order chi connectivity index (χ0) is 27.0. The average molecular weight is 541 g/mol. The third kappa shape index (κ3) is 6.65. The van der Waals surface area contributed by atoms with Gasteiger partial charge in [0.15, 0.2) is 0 Å². The van der Waals surface area contributed by atoms with Gasteiger partial charge in [-0.1, -0.05) is 68.6 Å². The van der Waals surface area contributed by atoms with Crippen molar-refractivity contribution >= 4 is 11.6 Å². The second-order valence-electron chi connectivity index (χ2n) is 10.7.